The molecule has 115 valence electrons. The maximum atomic E-state index is 2.38. The minimum atomic E-state index is 0. The molecular weight excluding hydrogens is 378 g/mol. The van der Waals surface area contributed by atoms with Crippen LogP contribution in [0.1, 0.15) is 53.9 Å². The minimum absolute atomic E-state index is 0. The molecule has 1 atom stereocenters. The van der Waals surface area contributed by atoms with Crippen molar-refractivity contribution in [2.24, 2.45) is 11.3 Å². The van der Waals surface area contributed by atoms with Gasteiger partial charge in [0.25, 0.3) is 0 Å². The summed E-state index contributed by atoms with van der Waals surface area (Å²) in [4.78, 5) is 0. The predicted octanol–water partition coefficient (Wildman–Crippen LogP) is -0.526. The summed E-state index contributed by atoms with van der Waals surface area (Å²) in [5.74, 6) is 0.725. The van der Waals surface area contributed by atoms with E-state index in [1.54, 1.807) is 50.3 Å². The van der Waals surface area contributed by atoms with Crippen LogP contribution in [-0.4, -0.2) is 0 Å². The summed E-state index contributed by atoms with van der Waals surface area (Å²) in [6.07, 6.45) is 10.5. The molecular formula is C18H25Cl2Zr. The van der Waals surface area contributed by atoms with Gasteiger partial charge >= 0.3 is 134 Å². The third-order valence-electron chi connectivity index (χ3n) is 5.14. The molecule has 0 bridgehead atoms. The number of rotatable bonds is 4. The van der Waals surface area contributed by atoms with Crippen LogP contribution in [0.2, 0.25) is 0 Å². The van der Waals surface area contributed by atoms with Gasteiger partial charge in [0, 0.05) is 0 Å². The van der Waals surface area contributed by atoms with E-state index in [1.165, 1.54) is 19.3 Å². The zero-order chi connectivity index (χ0) is 14.2. The Bertz CT molecular complexity index is 507. The van der Waals surface area contributed by atoms with Crippen LogP contribution in [-0.2, 0) is 24.7 Å². The van der Waals surface area contributed by atoms with Crippen LogP contribution in [0.5, 0.6) is 0 Å². The van der Waals surface area contributed by atoms with E-state index in [9.17, 15) is 0 Å². The molecule has 0 radical (unpaired) electrons. The average Bonchev–Trinajstić information content (AvgIpc) is 2.94. The Morgan fingerprint density at radius 2 is 1.86 bits per heavy atom. The quantitative estimate of drug-likeness (QED) is 0.593. The maximum absolute atomic E-state index is 2.38. The van der Waals surface area contributed by atoms with Crippen molar-refractivity contribution >= 4 is 0 Å². The van der Waals surface area contributed by atoms with Gasteiger partial charge in [0.05, 0.1) is 0 Å². The molecule has 2 aliphatic rings. The van der Waals surface area contributed by atoms with E-state index < -0.39 is 0 Å². The Morgan fingerprint density at radius 1 is 1.24 bits per heavy atom. The summed E-state index contributed by atoms with van der Waals surface area (Å²) >= 11 is 1.60. The molecule has 2 rings (SSSR count). The van der Waals surface area contributed by atoms with Gasteiger partial charge in [-0.1, -0.05) is 0 Å². The van der Waals surface area contributed by atoms with Gasteiger partial charge in [-0.3, -0.25) is 0 Å². The largest absolute Gasteiger partial charge is 1.00 e. The zero-order valence-electron chi connectivity index (χ0n) is 13.7. The van der Waals surface area contributed by atoms with Gasteiger partial charge in [-0.25, -0.2) is 0 Å². The fourth-order valence-corrected chi connectivity index (χ4v) is 4.36. The van der Waals surface area contributed by atoms with Gasteiger partial charge in [-0.05, 0) is 0 Å². The zero-order valence-corrected chi connectivity index (χ0v) is 17.7. The molecule has 0 heterocycles. The normalized spacial score (nSPS) is 21.2. The van der Waals surface area contributed by atoms with Crippen molar-refractivity contribution in [3.8, 4) is 0 Å². The standard InChI is InChI=1S/C18H25.2ClH.Zr/c1-13(16-8-6-7-9-16)10-11-17-12-18(4,5)15(3)14(17)2;;;/h6-8,13H,9-11H2,1-5H3;2*1H;/q;;;+2/p-2. The molecule has 2 aliphatic carbocycles. The Balaban J connectivity index is 0.00000200. The van der Waals surface area contributed by atoms with E-state index in [4.69, 9.17) is 0 Å². The number of halogens is 2. The van der Waals surface area contributed by atoms with E-state index in [0.29, 0.717) is 5.41 Å². The molecule has 0 aromatic carbocycles. The molecule has 21 heavy (non-hydrogen) atoms. The second kappa shape index (κ2) is 8.32. The molecule has 1 unspecified atom stereocenters. The van der Waals surface area contributed by atoms with Crippen molar-refractivity contribution in [2.75, 3.05) is 0 Å². The van der Waals surface area contributed by atoms with Gasteiger partial charge in [0.15, 0.2) is 0 Å². The topological polar surface area (TPSA) is 0 Å². The third-order valence-corrected chi connectivity index (χ3v) is 7.42. The van der Waals surface area contributed by atoms with E-state index in [-0.39, 0.29) is 24.8 Å². The summed E-state index contributed by atoms with van der Waals surface area (Å²) in [6, 6.07) is 0. The maximum Gasteiger partial charge on any atom is -1.00 e. The Labute approximate surface area is 157 Å². The predicted molar refractivity (Wildman–Crippen MR) is 79.4 cm³/mol. The van der Waals surface area contributed by atoms with E-state index in [2.05, 4.69) is 52.8 Å². The van der Waals surface area contributed by atoms with Crippen LogP contribution in [0.3, 0.4) is 0 Å². The Kier molecular flexibility index (Phi) is 8.49. The molecule has 0 aromatic rings. The van der Waals surface area contributed by atoms with Crippen molar-refractivity contribution in [1.82, 2.24) is 0 Å². The number of hydrogen-bond acceptors (Lipinski definition) is 0. The second-order valence-corrected chi connectivity index (χ2v) is 7.77. The first kappa shape index (κ1) is 21.4. The van der Waals surface area contributed by atoms with Crippen LogP contribution in [0.25, 0.3) is 0 Å². The fourth-order valence-electron chi connectivity index (χ4n) is 3.14. The number of allylic oxidation sites excluding steroid dienone is 8. The average molecular weight is 404 g/mol. The van der Waals surface area contributed by atoms with Crippen LogP contribution >= 0.6 is 0 Å². The van der Waals surface area contributed by atoms with Gasteiger partial charge in [0.1, 0.15) is 0 Å². The third kappa shape index (κ3) is 4.24. The van der Waals surface area contributed by atoms with Gasteiger partial charge < -0.3 is 24.8 Å². The van der Waals surface area contributed by atoms with Crippen molar-refractivity contribution in [1.29, 1.82) is 0 Å². The second-order valence-electron chi connectivity index (χ2n) is 6.54. The summed E-state index contributed by atoms with van der Waals surface area (Å²) in [5.41, 5.74) is 6.75. The van der Waals surface area contributed by atoms with E-state index in [1.807, 2.05) is 0 Å². The fraction of sp³-hybridized carbons (Fsp3) is 0.556. The molecule has 0 amide bonds. The van der Waals surface area contributed by atoms with Crippen molar-refractivity contribution in [3.05, 3.63) is 43.8 Å². The molecule has 0 nitrogen and oxygen atoms in total. The van der Waals surface area contributed by atoms with Gasteiger partial charge in [0.2, 0.25) is 0 Å². The summed E-state index contributed by atoms with van der Waals surface area (Å²) in [5, 5.41) is 0. The SMILES string of the molecule is CC1=C(C)C(C)(C)[C]([Zr+2])=C1CCC(C)C1=CC=CC1.[Cl-].[Cl-]. The van der Waals surface area contributed by atoms with Crippen molar-refractivity contribution in [2.45, 2.75) is 53.9 Å². The molecule has 0 saturated carbocycles. The molecule has 0 aromatic heterocycles. The number of hydrogen-bond donors (Lipinski definition) is 0. The van der Waals surface area contributed by atoms with Gasteiger partial charge in [-0.2, -0.15) is 0 Å². The van der Waals surface area contributed by atoms with Crippen molar-refractivity contribution < 1.29 is 49.5 Å². The first-order valence-electron chi connectivity index (χ1n) is 7.34. The van der Waals surface area contributed by atoms with E-state index >= 15 is 0 Å². The molecule has 0 aliphatic heterocycles. The minimum Gasteiger partial charge on any atom is -1.00 e. The van der Waals surface area contributed by atoms with Crippen LogP contribution in [0, 0.1) is 11.3 Å². The summed E-state index contributed by atoms with van der Waals surface area (Å²) < 4.78 is 1.68. The summed E-state index contributed by atoms with van der Waals surface area (Å²) in [7, 11) is 0. The Morgan fingerprint density at radius 3 is 2.29 bits per heavy atom. The molecule has 0 N–H and O–H groups in total. The van der Waals surface area contributed by atoms with Crippen molar-refractivity contribution in [3.63, 3.8) is 0 Å². The van der Waals surface area contributed by atoms with Crippen LogP contribution in [0.15, 0.2) is 43.8 Å². The van der Waals surface area contributed by atoms with Crippen LogP contribution < -0.4 is 24.8 Å². The Hall–Kier alpha value is 0.423. The first-order valence-corrected chi connectivity index (χ1v) is 8.57. The smallest absolute Gasteiger partial charge is 1.00 e. The first-order chi connectivity index (χ1) is 8.85. The van der Waals surface area contributed by atoms with E-state index in [0.717, 1.165) is 5.92 Å². The molecule has 3 heteroatoms. The monoisotopic (exact) mass is 401 g/mol. The molecule has 0 spiro atoms. The van der Waals surface area contributed by atoms with Crippen LogP contribution in [0.4, 0.5) is 0 Å². The molecule has 0 fully saturated rings. The van der Waals surface area contributed by atoms with Gasteiger partial charge in [-0.15, -0.1) is 0 Å². The summed E-state index contributed by atoms with van der Waals surface area (Å²) in [6.45, 7) is 11.8. The molecule has 0 saturated heterocycles.